The largest absolute Gasteiger partial charge is 0.439 e. The molecule has 130 valence electrons. The molecule has 1 saturated heterocycles. The minimum atomic E-state index is -0.504. The first kappa shape index (κ1) is 16.8. The van der Waals surface area contributed by atoms with Gasteiger partial charge in [0.1, 0.15) is 11.8 Å². The number of nitrogens with one attached hydrogen (secondary N) is 3. The number of aromatic nitrogens is 1. The van der Waals surface area contributed by atoms with Gasteiger partial charge in [-0.15, -0.1) is 0 Å². The number of benzene rings is 1. The summed E-state index contributed by atoms with van der Waals surface area (Å²) in [5, 5.41) is 8.23. The van der Waals surface area contributed by atoms with Gasteiger partial charge in [0.05, 0.1) is 0 Å². The number of urea groups is 1. The van der Waals surface area contributed by atoms with Gasteiger partial charge in [0.15, 0.2) is 0 Å². The Morgan fingerprint density at radius 1 is 1.20 bits per heavy atom. The fourth-order valence-corrected chi connectivity index (χ4v) is 2.57. The number of ether oxygens (including phenoxy) is 1. The number of hydrogen-bond donors (Lipinski definition) is 3. The normalized spacial score (nSPS) is 17.1. The van der Waals surface area contributed by atoms with Crippen LogP contribution in [0.3, 0.4) is 0 Å². The first-order valence-electron chi connectivity index (χ1n) is 8.25. The minimum Gasteiger partial charge on any atom is -0.439 e. The molecule has 3 rings (SSSR count). The first-order chi connectivity index (χ1) is 12.2. The molecule has 0 spiro atoms. The van der Waals surface area contributed by atoms with Gasteiger partial charge >= 0.3 is 6.03 Å². The number of hydrogen-bond acceptors (Lipinski definition) is 4. The fraction of sp³-hybridized carbons (Fsp3) is 0.278. The molecule has 1 aliphatic heterocycles. The van der Waals surface area contributed by atoms with Gasteiger partial charge in [-0.1, -0.05) is 12.1 Å². The zero-order valence-electron chi connectivity index (χ0n) is 13.7. The van der Waals surface area contributed by atoms with Crippen molar-refractivity contribution in [1.82, 2.24) is 15.6 Å². The number of pyridine rings is 1. The van der Waals surface area contributed by atoms with E-state index in [1.54, 1.807) is 42.6 Å². The smallest absolute Gasteiger partial charge is 0.319 e. The number of amides is 3. The van der Waals surface area contributed by atoms with Crippen LogP contribution in [0.2, 0.25) is 0 Å². The van der Waals surface area contributed by atoms with Crippen LogP contribution < -0.4 is 20.7 Å². The molecule has 0 radical (unpaired) electrons. The maximum atomic E-state index is 12.2. The van der Waals surface area contributed by atoms with E-state index in [0.29, 0.717) is 30.3 Å². The second-order valence-corrected chi connectivity index (χ2v) is 5.74. The van der Waals surface area contributed by atoms with Crippen LogP contribution in [0.15, 0.2) is 48.7 Å². The molecule has 0 saturated carbocycles. The van der Waals surface area contributed by atoms with Crippen molar-refractivity contribution in [2.45, 2.75) is 25.3 Å². The maximum Gasteiger partial charge on any atom is 0.319 e. The van der Waals surface area contributed by atoms with E-state index in [1.165, 1.54) is 0 Å². The lowest BCUT2D eigenvalue weighted by atomic mass is 10.1. The molecule has 0 aliphatic carbocycles. The Labute approximate surface area is 145 Å². The third-order valence-corrected chi connectivity index (χ3v) is 3.79. The van der Waals surface area contributed by atoms with Crippen molar-refractivity contribution in [3.8, 4) is 11.6 Å². The Hall–Kier alpha value is -3.09. The van der Waals surface area contributed by atoms with Gasteiger partial charge in [0.25, 0.3) is 0 Å². The molecule has 3 N–H and O–H groups in total. The summed E-state index contributed by atoms with van der Waals surface area (Å²) >= 11 is 0. The quantitative estimate of drug-likeness (QED) is 0.798. The summed E-state index contributed by atoms with van der Waals surface area (Å²) in [6.07, 6.45) is 4.11. The number of anilines is 1. The van der Waals surface area contributed by atoms with Crippen LogP contribution >= 0.6 is 0 Å². The van der Waals surface area contributed by atoms with E-state index in [4.69, 9.17) is 4.74 Å². The lowest BCUT2D eigenvalue weighted by Gasteiger charge is -2.16. The molecular weight excluding hydrogens is 320 g/mol. The Balaban J connectivity index is 1.59. The Kier molecular flexibility index (Phi) is 5.46. The third-order valence-electron chi connectivity index (χ3n) is 3.79. The molecule has 1 aromatic heterocycles. The minimum absolute atomic E-state index is 0.139. The average molecular weight is 340 g/mol. The molecular formula is C18H20N4O3. The zero-order chi connectivity index (χ0) is 17.5. The molecule has 1 aliphatic rings. The summed E-state index contributed by atoms with van der Waals surface area (Å²) in [4.78, 5) is 28.1. The third kappa shape index (κ3) is 4.94. The summed E-state index contributed by atoms with van der Waals surface area (Å²) in [6, 6.07) is 11.4. The van der Waals surface area contributed by atoms with E-state index in [1.807, 2.05) is 6.07 Å². The number of carbonyl (C=O) groups excluding carboxylic acids is 2. The Morgan fingerprint density at radius 2 is 2.12 bits per heavy atom. The predicted octanol–water partition coefficient (Wildman–Crippen LogP) is 2.66. The second-order valence-electron chi connectivity index (χ2n) is 5.74. The van der Waals surface area contributed by atoms with Crippen LogP contribution in [0, 0.1) is 0 Å². The zero-order valence-corrected chi connectivity index (χ0v) is 13.7. The number of nitrogens with zero attached hydrogens (tertiary/aromatic N) is 1. The Bertz CT molecular complexity index is 736. The summed E-state index contributed by atoms with van der Waals surface area (Å²) in [7, 11) is 0. The molecule has 1 fully saturated rings. The van der Waals surface area contributed by atoms with Crippen LogP contribution in [-0.4, -0.2) is 29.5 Å². The van der Waals surface area contributed by atoms with Gasteiger partial charge in [0.2, 0.25) is 11.8 Å². The summed E-state index contributed by atoms with van der Waals surface area (Å²) in [6.45, 7) is 0.658. The topological polar surface area (TPSA) is 92.3 Å². The molecule has 7 heteroatoms. The van der Waals surface area contributed by atoms with Crippen molar-refractivity contribution in [2.75, 3.05) is 11.9 Å². The molecule has 25 heavy (non-hydrogen) atoms. The molecule has 1 atom stereocenters. The van der Waals surface area contributed by atoms with E-state index in [0.717, 1.165) is 12.8 Å². The lowest BCUT2D eigenvalue weighted by Crippen LogP contribution is -2.46. The molecule has 2 aromatic rings. The number of carbonyl (C=O) groups is 2. The van der Waals surface area contributed by atoms with E-state index in [-0.39, 0.29) is 5.91 Å². The van der Waals surface area contributed by atoms with Crippen molar-refractivity contribution < 1.29 is 14.3 Å². The molecule has 7 nitrogen and oxygen atoms in total. The number of rotatable bonds is 4. The van der Waals surface area contributed by atoms with Crippen molar-refractivity contribution in [3.05, 3.63) is 48.7 Å². The van der Waals surface area contributed by atoms with Gasteiger partial charge in [-0.25, -0.2) is 9.78 Å². The van der Waals surface area contributed by atoms with E-state index in [9.17, 15) is 9.59 Å². The van der Waals surface area contributed by atoms with Gasteiger partial charge < -0.3 is 20.7 Å². The van der Waals surface area contributed by atoms with Crippen molar-refractivity contribution in [1.29, 1.82) is 0 Å². The highest BCUT2D eigenvalue weighted by Crippen LogP contribution is 2.22. The summed E-state index contributed by atoms with van der Waals surface area (Å²) in [5.74, 6) is 0.892. The van der Waals surface area contributed by atoms with Crippen LogP contribution in [-0.2, 0) is 4.79 Å². The molecule has 0 bridgehead atoms. The van der Waals surface area contributed by atoms with Crippen molar-refractivity contribution in [3.63, 3.8) is 0 Å². The summed E-state index contributed by atoms with van der Waals surface area (Å²) in [5.41, 5.74) is 0.569. The highest BCUT2D eigenvalue weighted by molar-refractivity contribution is 5.93. The van der Waals surface area contributed by atoms with E-state index < -0.39 is 12.1 Å². The van der Waals surface area contributed by atoms with Crippen LogP contribution in [0.25, 0.3) is 0 Å². The fourth-order valence-electron chi connectivity index (χ4n) is 2.57. The molecule has 0 unspecified atom stereocenters. The second kappa shape index (κ2) is 8.14. The van der Waals surface area contributed by atoms with Crippen molar-refractivity contribution >= 4 is 17.6 Å². The van der Waals surface area contributed by atoms with Crippen LogP contribution in [0.1, 0.15) is 19.3 Å². The average Bonchev–Trinajstić information content (AvgIpc) is 2.81. The van der Waals surface area contributed by atoms with Crippen LogP contribution in [0.4, 0.5) is 10.5 Å². The van der Waals surface area contributed by atoms with Gasteiger partial charge in [-0.2, -0.15) is 0 Å². The lowest BCUT2D eigenvalue weighted by molar-refractivity contribution is -0.122. The molecule has 3 amide bonds. The van der Waals surface area contributed by atoms with Gasteiger partial charge in [-0.3, -0.25) is 4.79 Å². The van der Waals surface area contributed by atoms with Gasteiger partial charge in [0, 0.05) is 30.6 Å². The molecule has 2 heterocycles. The SMILES string of the molecule is O=C(Nc1cccc(Oc2ccccn2)c1)N[C@@H]1CCCCNC1=O. The molecule has 1 aromatic carbocycles. The highest BCUT2D eigenvalue weighted by atomic mass is 16.5. The monoisotopic (exact) mass is 340 g/mol. The van der Waals surface area contributed by atoms with E-state index >= 15 is 0 Å². The predicted molar refractivity (Wildman–Crippen MR) is 93.6 cm³/mol. The highest BCUT2D eigenvalue weighted by Gasteiger charge is 2.22. The van der Waals surface area contributed by atoms with Crippen LogP contribution in [0.5, 0.6) is 11.6 Å². The van der Waals surface area contributed by atoms with Crippen molar-refractivity contribution in [2.24, 2.45) is 0 Å². The Morgan fingerprint density at radius 3 is 2.96 bits per heavy atom. The standard InChI is InChI=1S/C18H20N4O3/c23-17-15(8-1-3-11-20-17)22-18(24)21-13-6-5-7-14(12-13)25-16-9-2-4-10-19-16/h2,4-7,9-10,12,15H,1,3,8,11H2,(H,20,23)(H2,21,22,24)/t15-/m1/s1. The van der Waals surface area contributed by atoms with Gasteiger partial charge in [-0.05, 0) is 37.5 Å². The maximum absolute atomic E-state index is 12.2. The first-order valence-corrected chi connectivity index (χ1v) is 8.25. The van der Waals surface area contributed by atoms with E-state index in [2.05, 4.69) is 20.9 Å². The summed E-state index contributed by atoms with van der Waals surface area (Å²) < 4.78 is 5.64.